The molecule has 0 spiro atoms. The molecule has 2 unspecified atom stereocenters. The summed E-state index contributed by atoms with van der Waals surface area (Å²) in [6, 6.07) is 27.3. The summed E-state index contributed by atoms with van der Waals surface area (Å²) in [5.41, 5.74) is 10.4. The Morgan fingerprint density at radius 3 is 2.17 bits per heavy atom. The zero-order chi connectivity index (χ0) is 29.8. The highest BCUT2D eigenvalue weighted by Gasteiger charge is 2.52. The number of ether oxygens (including phenoxy) is 1. The zero-order valence-electron chi connectivity index (χ0n) is 25.1. The molecule has 3 aliphatic rings. The smallest absolute Gasteiger partial charge is 0.239 e. The molecule has 0 aromatic heterocycles. The van der Waals surface area contributed by atoms with Crippen molar-refractivity contribution in [1.82, 2.24) is 15.5 Å². The van der Waals surface area contributed by atoms with Crippen molar-refractivity contribution in [2.24, 2.45) is 17.6 Å². The number of nitrogens with one attached hydrogen (secondary N) is 2. The van der Waals surface area contributed by atoms with Gasteiger partial charge in [0.2, 0.25) is 11.8 Å². The van der Waals surface area contributed by atoms with Gasteiger partial charge in [-0.3, -0.25) is 14.5 Å². The molecule has 2 bridgehead atoms. The SMILES string of the molecule is COc1ccc(C(C)C)cc1CN[C@H]1[C@H]2CCN(C[C@@H]2C(=O)NC(C)C(N)=O)[C@@H]1C(c1ccccc1)c1ccccc1. The highest BCUT2D eigenvalue weighted by molar-refractivity contribution is 5.87. The number of nitrogens with two attached hydrogens (primary N) is 1. The number of nitrogens with zero attached hydrogens (tertiary/aromatic N) is 1. The number of piperidine rings is 3. The normalized spacial score (nSPS) is 24.0. The molecule has 42 heavy (non-hydrogen) atoms. The summed E-state index contributed by atoms with van der Waals surface area (Å²) in [6.45, 7) is 8.23. The molecule has 2 amide bonds. The van der Waals surface area contributed by atoms with Crippen molar-refractivity contribution < 1.29 is 14.3 Å². The van der Waals surface area contributed by atoms with Crippen LogP contribution in [0.5, 0.6) is 5.75 Å². The number of hydrogen-bond donors (Lipinski definition) is 3. The lowest BCUT2D eigenvalue weighted by atomic mass is 9.66. The Balaban J connectivity index is 1.53. The number of benzene rings is 3. The highest BCUT2D eigenvalue weighted by atomic mass is 16.5. The number of hydrogen-bond acceptors (Lipinski definition) is 5. The molecule has 7 nitrogen and oxygen atoms in total. The van der Waals surface area contributed by atoms with Crippen LogP contribution in [0.4, 0.5) is 0 Å². The molecule has 3 fully saturated rings. The fourth-order valence-electron chi connectivity index (χ4n) is 6.97. The summed E-state index contributed by atoms with van der Waals surface area (Å²) in [5.74, 6) is 0.598. The van der Waals surface area contributed by atoms with Gasteiger partial charge in [-0.1, -0.05) is 86.6 Å². The van der Waals surface area contributed by atoms with Gasteiger partial charge < -0.3 is 21.1 Å². The number of methoxy groups -OCH3 is 1. The van der Waals surface area contributed by atoms with Crippen molar-refractivity contribution >= 4 is 11.8 Å². The van der Waals surface area contributed by atoms with Crippen LogP contribution >= 0.6 is 0 Å². The maximum Gasteiger partial charge on any atom is 0.239 e. The Kier molecular flexibility index (Phi) is 9.29. The molecular weight excluding hydrogens is 524 g/mol. The second kappa shape index (κ2) is 13.1. The van der Waals surface area contributed by atoms with Crippen molar-refractivity contribution in [3.8, 4) is 5.75 Å². The van der Waals surface area contributed by atoms with Crippen LogP contribution in [0.15, 0.2) is 78.9 Å². The van der Waals surface area contributed by atoms with Crippen LogP contribution in [0.1, 0.15) is 61.3 Å². The van der Waals surface area contributed by atoms with Crippen LogP contribution in [0.3, 0.4) is 0 Å². The molecule has 222 valence electrons. The molecule has 3 saturated heterocycles. The summed E-state index contributed by atoms with van der Waals surface area (Å²) in [7, 11) is 1.71. The lowest BCUT2D eigenvalue weighted by molar-refractivity contribution is -0.138. The van der Waals surface area contributed by atoms with Crippen molar-refractivity contribution in [2.45, 2.75) is 63.7 Å². The van der Waals surface area contributed by atoms with E-state index >= 15 is 0 Å². The van der Waals surface area contributed by atoms with E-state index < -0.39 is 11.9 Å². The van der Waals surface area contributed by atoms with E-state index in [-0.39, 0.29) is 35.7 Å². The van der Waals surface area contributed by atoms with E-state index in [0.717, 1.165) is 24.3 Å². The highest BCUT2D eigenvalue weighted by Crippen LogP contribution is 2.44. The van der Waals surface area contributed by atoms with Gasteiger partial charge in [0.1, 0.15) is 11.8 Å². The number of carbonyl (C=O) groups is 2. The largest absolute Gasteiger partial charge is 0.496 e. The summed E-state index contributed by atoms with van der Waals surface area (Å²) in [6.07, 6.45) is 0.899. The Labute approximate surface area is 249 Å². The maximum atomic E-state index is 13.6. The third kappa shape index (κ3) is 6.22. The van der Waals surface area contributed by atoms with E-state index in [9.17, 15) is 9.59 Å². The first-order chi connectivity index (χ1) is 20.3. The predicted molar refractivity (Wildman–Crippen MR) is 166 cm³/mol. The predicted octanol–water partition coefficient (Wildman–Crippen LogP) is 4.42. The van der Waals surface area contributed by atoms with E-state index in [0.29, 0.717) is 19.0 Å². The molecule has 3 heterocycles. The molecule has 0 aliphatic carbocycles. The second-order valence-electron chi connectivity index (χ2n) is 12.1. The van der Waals surface area contributed by atoms with Gasteiger partial charge in [-0.05, 0) is 54.5 Å². The maximum absolute atomic E-state index is 13.6. The van der Waals surface area contributed by atoms with E-state index in [1.807, 2.05) is 0 Å². The van der Waals surface area contributed by atoms with Crippen molar-refractivity contribution in [1.29, 1.82) is 0 Å². The third-order valence-electron chi connectivity index (χ3n) is 9.23. The first-order valence-corrected chi connectivity index (χ1v) is 15.1. The molecule has 3 aromatic carbocycles. The Hall–Kier alpha value is -3.68. The van der Waals surface area contributed by atoms with Gasteiger partial charge in [-0.15, -0.1) is 0 Å². The number of rotatable bonds is 11. The van der Waals surface area contributed by atoms with Crippen molar-refractivity contribution in [2.75, 3.05) is 20.2 Å². The summed E-state index contributed by atoms with van der Waals surface area (Å²) in [4.78, 5) is 27.8. The average Bonchev–Trinajstić information content (AvgIpc) is 3.01. The van der Waals surface area contributed by atoms with E-state index in [1.54, 1.807) is 14.0 Å². The molecule has 3 aliphatic heterocycles. The number of amides is 2. The van der Waals surface area contributed by atoms with E-state index in [4.69, 9.17) is 10.5 Å². The molecule has 3 aromatic rings. The molecule has 0 saturated carbocycles. The molecular formula is C35H44N4O3. The van der Waals surface area contributed by atoms with Gasteiger partial charge in [0, 0.05) is 36.7 Å². The quantitative estimate of drug-likeness (QED) is 0.318. The number of primary amides is 1. The van der Waals surface area contributed by atoms with Gasteiger partial charge in [0.15, 0.2) is 0 Å². The van der Waals surface area contributed by atoms with Crippen LogP contribution in [-0.2, 0) is 16.1 Å². The van der Waals surface area contributed by atoms with Crippen LogP contribution in [0.25, 0.3) is 0 Å². The topological polar surface area (TPSA) is 96.7 Å². The van der Waals surface area contributed by atoms with Gasteiger partial charge in [0.05, 0.1) is 13.0 Å². The van der Waals surface area contributed by atoms with Crippen LogP contribution in [0, 0.1) is 11.8 Å². The first kappa shape index (κ1) is 29.8. The molecule has 6 atom stereocenters. The minimum atomic E-state index is -0.709. The standard InChI is InChI=1S/C35H44N4O3/c1-22(2)26-15-16-30(42-4)27(19-26)20-37-32-28-17-18-39(21-29(28)35(41)38-23(3)34(36)40)33(32)31(24-11-7-5-8-12-24)25-13-9-6-10-14-25/h5-16,19,22-23,28-29,31-33,37H,17-18,20-21H2,1-4H3,(H2,36,40)(H,38,41)/t23?,28-,29-,32-,33+/m0/s1. The number of carbonyl (C=O) groups excluding carboxylic acids is 2. The Morgan fingerprint density at radius 2 is 1.60 bits per heavy atom. The van der Waals surface area contributed by atoms with Gasteiger partial charge in [-0.2, -0.15) is 0 Å². The van der Waals surface area contributed by atoms with Crippen molar-refractivity contribution in [3.63, 3.8) is 0 Å². The number of fused-ring (bicyclic) bond motifs is 3. The molecule has 4 N–H and O–H groups in total. The van der Waals surface area contributed by atoms with E-state index in [2.05, 4.69) is 108 Å². The zero-order valence-corrected chi connectivity index (χ0v) is 25.1. The molecule has 0 radical (unpaired) electrons. The second-order valence-corrected chi connectivity index (χ2v) is 12.1. The van der Waals surface area contributed by atoms with Crippen LogP contribution < -0.4 is 21.1 Å². The minimum absolute atomic E-state index is 0.0185. The molecule has 6 rings (SSSR count). The van der Waals surface area contributed by atoms with Crippen molar-refractivity contribution in [3.05, 3.63) is 101 Å². The van der Waals surface area contributed by atoms with Gasteiger partial charge >= 0.3 is 0 Å². The van der Waals surface area contributed by atoms with Crippen LogP contribution in [-0.4, -0.2) is 55.0 Å². The average molecular weight is 569 g/mol. The third-order valence-corrected chi connectivity index (χ3v) is 9.23. The fraction of sp³-hybridized carbons (Fsp3) is 0.429. The van der Waals surface area contributed by atoms with Gasteiger partial charge in [0.25, 0.3) is 0 Å². The monoisotopic (exact) mass is 568 g/mol. The summed E-state index contributed by atoms with van der Waals surface area (Å²) >= 11 is 0. The Bertz CT molecular complexity index is 1320. The fourth-order valence-corrected chi connectivity index (χ4v) is 6.97. The molecule has 7 heteroatoms. The van der Waals surface area contributed by atoms with E-state index in [1.165, 1.54) is 16.7 Å². The minimum Gasteiger partial charge on any atom is -0.496 e. The lowest BCUT2D eigenvalue weighted by Gasteiger charge is -2.56. The first-order valence-electron chi connectivity index (χ1n) is 15.1. The Morgan fingerprint density at radius 1 is 0.952 bits per heavy atom. The summed E-state index contributed by atoms with van der Waals surface area (Å²) < 4.78 is 5.76. The van der Waals surface area contributed by atoms with Gasteiger partial charge in [-0.25, -0.2) is 0 Å². The lowest BCUT2D eigenvalue weighted by Crippen LogP contribution is -2.69. The van der Waals surface area contributed by atoms with Crippen LogP contribution in [0.2, 0.25) is 0 Å². The summed E-state index contributed by atoms with van der Waals surface area (Å²) in [5, 5.41) is 6.83.